The van der Waals surface area contributed by atoms with Crippen molar-refractivity contribution in [2.45, 2.75) is 35.7 Å². The predicted molar refractivity (Wildman–Crippen MR) is 60.6 cm³/mol. The normalized spacial score (nSPS) is 34.1. The predicted octanol–water partition coefficient (Wildman–Crippen LogP) is 2.84. The molecule has 0 amide bonds. The van der Waals surface area contributed by atoms with Gasteiger partial charge >= 0.3 is 0 Å². The molecule has 2 heteroatoms. The molecule has 0 saturated heterocycles. The molecule has 1 nitrogen and oxygen atoms in total. The molecule has 1 N–H and O–H groups in total. The van der Waals surface area contributed by atoms with Crippen molar-refractivity contribution in [2.24, 2.45) is 0 Å². The van der Waals surface area contributed by atoms with Crippen LogP contribution in [0.4, 0.5) is 0 Å². The Labute approximate surface area is 87.7 Å². The number of unbranched alkanes of at least 4 members (excludes halogenated alkanes) is 1. The quantitative estimate of drug-likeness (QED) is 0.621. The Morgan fingerprint density at radius 2 is 2.25 bits per heavy atom. The zero-order chi connectivity index (χ0) is 9.03. The molecule has 68 valence electrons. The first-order chi connectivity index (χ1) is 5.69. The molecule has 0 spiro atoms. The minimum atomic E-state index is -0.311. The average Bonchev–Trinajstić information content (AvgIpc) is 2.07. The first-order valence-corrected chi connectivity index (χ1v) is 5.50. The van der Waals surface area contributed by atoms with E-state index < -0.39 is 0 Å². The number of halogens is 1. The molecular formula is C10H15IO. The highest BCUT2D eigenvalue weighted by Crippen LogP contribution is 2.33. The van der Waals surface area contributed by atoms with Crippen molar-refractivity contribution in [1.29, 1.82) is 0 Å². The van der Waals surface area contributed by atoms with Gasteiger partial charge < -0.3 is 5.11 Å². The largest absolute Gasteiger partial charge is 0.387 e. The van der Waals surface area contributed by atoms with Crippen molar-refractivity contribution in [2.75, 3.05) is 0 Å². The van der Waals surface area contributed by atoms with E-state index in [2.05, 4.69) is 35.6 Å². The second-order valence-corrected chi connectivity index (χ2v) is 5.23. The van der Waals surface area contributed by atoms with Gasteiger partial charge in [0.2, 0.25) is 0 Å². The Morgan fingerprint density at radius 1 is 1.50 bits per heavy atom. The van der Waals surface area contributed by atoms with Gasteiger partial charge in [0.25, 0.3) is 0 Å². The van der Waals surface area contributed by atoms with Crippen molar-refractivity contribution >= 4 is 22.6 Å². The first-order valence-electron chi connectivity index (χ1n) is 4.42. The summed E-state index contributed by atoms with van der Waals surface area (Å²) in [6.45, 7) is 2.18. The fourth-order valence-corrected chi connectivity index (χ4v) is 2.12. The SMILES string of the molecule is CCCCC1(I)C=CC=CC1O. The topological polar surface area (TPSA) is 20.2 Å². The first kappa shape index (κ1) is 10.3. The maximum absolute atomic E-state index is 9.71. The van der Waals surface area contributed by atoms with E-state index in [0.29, 0.717) is 0 Å². The summed E-state index contributed by atoms with van der Waals surface area (Å²) in [6.07, 6.45) is 11.0. The zero-order valence-electron chi connectivity index (χ0n) is 7.33. The molecular weight excluding hydrogens is 263 g/mol. The number of rotatable bonds is 3. The summed E-state index contributed by atoms with van der Waals surface area (Å²) in [7, 11) is 0. The molecule has 1 aliphatic carbocycles. The van der Waals surface area contributed by atoms with E-state index in [4.69, 9.17) is 0 Å². The zero-order valence-corrected chi connectivity index (χ0v) is 9.49. The lowest BCUT2D eigenvalue weighted by Crippen LogP contribution is -2.33. The van der Waals surface area contributed by atoms with Gasteiger partial charge in [0, 0.05) is 0 Å². The van der Waals surface area contributed by atoms with E-state index in [-0.39, 0.29) is 9.53 Å². The number of hydrogen-bond acceptors (Lipinski definition) is 1. The summed E-state index contributed by atoms with van der Waals surface area (Å²) < 4.78 is -0.0531. The molecule has 0 fully saturated rings. The second kappa shape index (κ2) is 4.42. The Kier molecular flexibility index (Phi) is 3.77. The molecule has 2 atom stereocenters. The van der Waals surface area contributed by atoms with Crippen molar-refractivity contribution in [3.63, 3.8) is 0 Å². The maximum atomic E-state index is 9.71. The Balaban J connectivity index is 2.57. The second-order valence-electron chi connectivity index (χ2n) is 3.22. The maximum Gasteiger partial charge on any atom is 0.0904 e. The highest BCUT2D eigenvalue weighted by atomic mass is 127. The van der Waals surface area contributed by atoms with Crippen LogP contribution in [0.2, 0.25) is 0 Å². The van der Waals surface area contributed by atoms with Gasteiger partial charge in [0.1, 0.15) is 0 Å². The molecule has 1 rings (SSSR count). The van der Waals surface area contributed by atoms with Gasteiger partial charge in [-0.05, 0) is 6.42 Å². The minimum Gasteiger partial charge on any atom is -0.387 e. The number of aliphatic hydroxyl groups is 1. The van der Waals surface area contributed by atoms with E-state index in [0.717, 1.165) is 6.42 Å². The molecule has 0 bridgehead atoms. The van der Waals surface area contributed by atoms with Crippen molar-refractivity contribution in [3.8, 4) is 0 Å². The van der Waals surface area contributed by atoms with E-state index in [1.54, 1.807) is 0 Å². The van der Waals surface area contributed by atoms with Gasteiger partial charge in [0.15, 0.2) is 0 Å². The van der Waals surface area contributed by atoms with Gasteiger partial charge in [0.05, 0.1) is 9.53 Å². The van der Waals surface area contributed by atoms with E-state index in [1.165, 1.54) is 12.8 Å². The Hall–Kier alpha value is 0.170. The molecule has 0 heterocycles. The minimum absolute atomic E-state index is 0.0531. The lowest BCUT2D eigenvalue weighted by Gasteiger charge is -2.29. The van der Waals surface area contributed by atoms with Gasteiger partial charge in [-0.15, -0.1) is 0 Å². The highest BCUT2D eigenvalue weighted by Gasteiger charge is 2.31. The number of alkyl halides is 1. The van der Waals surface area contributed by atoms with Crippen molar-refractivity contribution < 1.29 is 5.11 Å². The van der Waals surface area contributed by atoms with Crippen LogP contribution in [-0.4, -0.2) is 14.6 Å². The fourth-order valence-electron chi connectivity index (χ4n) is 1.32. The summed E-state index contributed by atoms with van der Waals surface area (Å²) in [5.41, 5.74) is 0. The van der Waals surface area contributed by atoms with E-state index in [1.807, 2.05) is 18.2 Å². The van der Waals surface area contributed by atoms with Crippen LogP contribution in [-0.2, 0) is 0 Å². The lowest BCUT2D eigenvalue weighted by molar-refractivity contribution is 0.192. The van der Waals surface area contributed by atoms with Crippen LogP contribution in [0.25, 0.3) is 0 Å². The highest BCUT2D eigenvalue weighted by molar-refractivity contribution is 14.1. The number of hydrogen-bond donors (Lipinski definition) is 1. The van der Waals surface area contributed by atoms with Crippen LogP contribution in [0.1, 0.15) is 26.2 Å². The van der Waals surface area contributed by atoms with Gasteiger partial charge in [-0.2, -0.15) is 0 Å². The number of allylic oxidation sites excluding steroid dienone is 2. The van der Waals surface area contributed by atoms with Gasteiger partial charge in [-0.3, -0.25) is 0 Å². The summed E-state index contributed by atoms with van der Waals surface area (Å²) in [4.78, 5) is 0. The summed E-state index contributed by atoms with van der Waals surface area (Å²) in [6, 6.07) is 0. The summed E-state index contributed by atoms with van der Waals surface area (Å²) in [5.74, 6) is 0. The van der Waals surface area contributed by atoms with Crippen LogP contribution >= 0.6 is 22.6 Å². The molecule has 0 radical (unpaired) electrons. The van der Waals surface area contributed by atoms with E-state index >= 15 is 0 Å². The van der Waals surface area contributed by atoms with Crippen molar-refractivity contribution in [3.05, 3.63) is 24.3 Å². The van der Waals surface area contributed by atoms with Crippen LogP contribution in [0.5, 0.6) is 0 Å². The van der Waals surface area contributed by atoms with Gasteiger partial charge in [-0.25, -0.2) is 0 Å². The molecule has 2 unspecified atom stereocenters. The van der Waals surface area contributed by atoms with E-state index in [9.17, 15) is 5.11 Å². The summed E-state index contributed by atoms with van der Waals surface area (Å²) in [5, 5.41) is 9.71. The third-order valence-electron chi connectivity index (χ3n) is 2.18. The monoisotopic (exact) mass is 278 g/mol. The smallest absolute Gasteiger partial charge is 0.0904 e. The summed E-state index contributed by atoms with van der Waals surface area (Å²) >= 11 is 2.35. The third kappa shape index (κ3) is 2.33. The Morgan fingerprint density at radius 3 is 2.83 bits per heavy atom. The van der Waals surface area contributed by atoms with Crippen LogP contribution in [0.15, 0.2) is 24.3 Å². The average molecular weight is 278 g/mol. The number of aliphatic hydroxyl groups excluding tert-OH is 1. The molecule has 0 saturated carbocycles. The Bertz CT molecular complexity index is 198. The standard InChI is InChI=1S/C10H15IO/c1-2-3-7-10(11)8-5-4-6-9(10)12/h4-6,8-9,12H,2-3,7H2,1H3. The molecule has 1 aliphatic rings. The van der Waals surface area contributed by atoms with Crippen LogP contribution in [0, 0.1) is 0 Å². The van der Waals surface area contributed by atoms with Crippen molar-refractivity contribution in [1.82, 2.24) is 0 Å². The molecule has 12 heavy (non-hydrogen) atoms. The third-order valence-corrected chi connectivity index (χ3v) is 3.72. The molecule has 0 aromatic carbocycles. The molecule has 0 aliphatic heterocycles. The lowest BCUT2D eigenvalue weighted by atomic mass is 9.92. The molecule has 0 aromatic heterocycles. The van der Waals surface area contributed by atoms with Crippen LogP contribution in [0.3, 0.4) is 0 Å². The van der Waals surface area contributed by atoms with Gasteiger partial charge in [-0.1, -0.05) is 66.7 Å². The van der Waals surface area contributed by atoms with Crippen LogP contribution < -0.4 is 0 Å². The fraction of sp³-hybridized carbons (Fsp3) is 0.600. The molecule has 0 aromatic rings.